The lowest BCUT2D eigenvalue weighted by Gasteiger charge is -2.22. The van der Waals surface area contributed by atoms with Crippen molar-refractivity contribution in [1.29, 1.82) is 0 Å². The number of ether oxygens (including phenoxy) is 1. The third-order valence-corrected chi connectivity index (χ3v) is 6.01. The van der Waals surface area contributed by atoms with Crippen LogP contribution in [0.25, 0.3) is 10.9 Å². The summed E-state index contributed by atoms with van der Waals surface area (Å²) in [4.78, 5) is 20.9. The second kappa shape index (κ2) is 10.6. The standard InChI is InChI=1S/C25H25F2N7O2/c26-19-2-1-3-20(24(19)27)31-23(35)11-16-10-22(34-33-16)32-25-18-5-4-17(12-21(18)29-14-30-25)36-13-15-6-8-28-9-7-15/h1-5,10,12,14-15,28H,6-9,11,13H2,(H,31,35)(H2,29,30,32,33,34). The highest BCUT2D eigenvalue weighted by atomic mass is 19.2. The Balaban J connectivity index is 1.22. The number of hydrogen-bond donors (Lipinski definition) is 4. The van der Waals surface area contributed by atoms with Gasteiger partial charge in [0, 0.05) is 23.2 Å². The first-order valence-electron chi connectivity index (χ1n) is 11.7. The van der Waals surface area contributed by atoms with Crippen LogP contribution >= 0.6 is 0 Å². The van der Waals surface area contributed by atoms with Crippen LogP contribution in [0.15, 0.2) is 48.8 Å². The summed E-state index contributed by atoms with van der Waals surface area (Å²) in [7, 11) is 0. The molecule has 1 saturated heterocycles. The fraction of sp³-hybridized carbons (Fsp3) is 0.280. The van der Waals surface area contributed by atoms with Crippen molar-refractivity contribution >= 4 is 34.1 Å². The number of amides is 1. The zero-order chi connectivity index (χ0) is 24.9. The van der Waals surface area contributed by atoms with Gasteiger partial charge < -0.3 is 20.7 Å². The Morgan fingerprint density at radius 1 is 1.11 bits per heavy atom. The molecule has 0 atom stereocenters. The summed E-state index contributed by atoms with van der Waals surface area (Å²) in [5, 5.41) is 16.6. The van der Waals surface area contributed by atoms with Crippen LogP contribution in [0.3, 0.4) is 0 Å². The molecule has 2 aromatic carbocycles. The third-order valence-electron chi connectivity index (χ3n) is 6.01. The van der Waals surface area contributed by atoms with E-state index >= 15 is 0 Å². The van der Waals surface area contributed by atoms with E-state index in [1.165, 1.54) is 18.5 Å². The second-order valence-corrected chi connectivity index (χ2v) is 8.64. The number of anilines is 3. The predicted molar refractivity (Wildman–Crippen MR) is 131 cm³/mol. The number of benzene rings is 2. The molecule has 11 heteroatoms. The van der Waals surface area contributed by atoms with Gasteiger partial charge in [0.2, 0.25) is 5.91 Å². The summed E-state index contributed by atoms with van der Waals surface area (Å²) >= 11 is 0. The molecule has 4 aromatic rings. The molecule has 3 heterocycles. The van der Waals surface area contributed by atoms with Gasteiger partial charge in [-0.1, -0.05) is 6.07 Å². The van der Waals surface area contributed by atoms with Gasteiger partial charge in [0.1, 0.15) is 17.9 Å². The Kier molecular flexibility index (Phi) is 6.99. The van der Waals surface area contributed by atoms with Crippen LogP contribution < -0.4 is 20.7 Å². The number of rotatable bonds is 8. The van der Waals surface area contributed by atoms with Crippen LogP contribution in [0, 0.1) is 17.6 Å². The van der Waals surface area contributed by atoms with E-state index in [0.29, 0.717) is 29.9 Å². The zero-order valence-corrected chi connectivity index (χ0v) is 19.4. The SMILES string of the molecule is O=C(Cc1cc(Nc2ncnc3cc(OCC4CCNCC4)ccc23)n[nH]1)Nc1cccc(F)c1F. The molecule has 0 aliphatic carbocycles. The predicted octanol–water partition coefficient (Wildman–Crippen LogP) is 3.93. The first-order chi connectivity index (χ1) is 17.5. The lowest BCUT2D eigenvalue weighted by molar-refractivity contribution is -0.115. The van der Waals surface area contributed by atoms with Crippen molar-refractivity contribution in [3.63, 3.8) is 0 Å². The molecular weight excluding hydrogens is 468 g/mol. The van der Waals surface area contributed by atoms with Crippen LogP contribution in [-0.4, -0.2) is 45.8 Å². The van der Waals surface area contributed by atoms with Crippen molar-refractivity contribution < 1.29 is 18.3 Å². The lowest BCUT2D eigenvalue weighted by Crippen LogP contribution is -2.30. The van der Waals surface area contributed by atoms with Gasteiger partial charge in [0.15, 0.2) is 17.5 Å². The summed E-state index contributed by atoms with van der Waals surface area (Å²) in [6.45, 7) is 2.73. The summed E-state index contributed by atoms with van der Waals surface area (Å²) in [5.41, 5.74) is 0.991. The van der Waals surface area contributed by atoms with Gasteiger partial charge in [-0.05, 0) is 56.1 Å². The Bertz CT molecular complexity index is 1370. The quantitative estimate of drug-likeness (QED) is 0.294. The van der Waals surface area contributed by atoms with Crippen molar-refractivity contribution in [1.82, 2.24) is 25.5 Å². The third kappa shape index (κ3) is 5.57. The fourth-order valence-corrected chi connectivity index (χ4v) is 4.09. The molecule has 1 fully saturated rings. The fourth-order valence-electron chi connectivity index (χ4n) is 4.09. The minimum Gasteiger partial charge on any atom is -0.493 e. The van der Waals surface area contributed by atoms with Gasteiger partial charge in [-0.25, -0.2) is 18.7 Å². The number of hydrogen-bond acceptors (Lipinski definition) is 7. The van der Waals surface area contributed by atoms with Crippen LogP contribution in [0.5, 0.6) is 5.75 Å². The van der Waals surface area contributed by atoms with Gasteiger partial charge in [-0.2, -0.15) is 5.10 Å². The van der Waals surface area contributed by atoms with Gasteiger partial charge in [0.05, 0.1) is 24.2 Å². The highest BCUT2D eigenvalue weighted by molar-refractivity contribution is 5.93. The van der Waals surface area contributed by atoms with E-state index in [-0.39, 0.29) is 12.1 Å². The van der Waals surface area contributed by atoms with Crippen molar-refractivity contribution in [3.8, 4) is 5.75 Å². The van der Waals surface area contributed by atoms with E-state index in [1.54, 1.807) is 6.07 Å². The molecule has 186 valence electrons. The molecule has 5 rings (SSSR count). The van der Waals surface area contributed by atoms with Crippen LogP contribution in [-0.2, 0) is 11.2 Å². The Labute approximate surface area is 205 Å². The van der Waals surface area contributed by atoms with Gasteiger partial charge in [-0.3, -0.25) is 9.89 Å². The van der Waals surface area contributed by atoms with Crippen LogP contribution in [0.2, 0.25) is 0 Å². The number of aromatic nitrogens is 4. The molecule has 1 aliphatic rings. The van der Waals surface area contributed by atoms with E-state index in [2.05, 4.69) is 36.1 Å². The molecule has 36 heavy (non-hydrogen) atoms. The van der Waals surface area contributed by atoms with Gasteiger partial charge in [-0.15, -0.1) is 0 Å². The summed E-state index contributed by atoms with van der Waals surface area (Å²) in [5.74, 6) is -0.344. The summed E-state index contributed by atoms with van der Waals surface area (Å²) in [6, 6.07) is 10.9. The monoisotopic (exact) mass is 493 g/mol. The number of aromatic amines is 1. The van der Waals surface area contributed by atoms with E-state index in [9.17, 15) is 13.6 Å². The van der Waals surface area contributed by atoms with E-state index in [4.69, 9.17) is 4.74 Å². The second-order valence-electron chi connectivity index (χ2n) is 8.64. The number of H-pyrrole nitrogens is 1. The van der Waals surface area contributed by atoms with Crippen molar-refractivity contribution in [3.05, 3.63) is 66.1 Å². The minimum absolute atomic E-state index is 0.104. The Morgan fingerprint density at radius 2 is 1.97 bits per heavy atom. The normalized spacial score (nSPS) is 14.1. The molecule has 0 radical (unpaired) electrons. The molecule has 0 bridgehead atoms. The number of piperidine rings is 1. The first kappa shape index (κ1) is 23.6. The molecule has 0 unspecified atom stereocenters. The molecule has 2 aromatic heterocycles. The van der Waals surface area contributed by atoms with Gasteiger partial charge >= 0.3 is 0 Å². The van der Waals surface area contributed by atoms with Crippen molar-refractivity contribution in [2.75, 3.05) is 30.3 Å². The number of fused-ring (bicyclic) bond motifs is 1. The summed E-state index contributed by atoms with van der Waals surface area (Å²) in [6.07, 6.45) is 3.57. The molecular formula is C25H25F2N7O2. The van der Waals surface area contributed by atoms with E-state index in [0.717, 1.165) is 48.6 Å². The smallest absolute Gasteiger partial charge is 0.230 e. The van der Waals surface area contributed by atoms with Crippen LogP contribution in [0.4, 0.5) is 26.1 Å². The Hall–Kier alpha value is -4.12. The maximum atomic E-state index is 13.8. The minimum atomic E-state index is -1.10. The molecule has 1 aliphatic heterocycles. The molecule has 0 saturated carbocycles. The molecule has 4 N–H and O–H groups in total. The molecule has 0 spiro atoms. The summed E-state index contributed by atoms with van der Waals surface area (Å²) < 4.78 is 33.1. The lowest BCUT2D eigenvalue weighted by atomic mass is 9.99. The molecule has 1 amide bonds. The van der Waals surface area contributed by atoms with Gasteiger partial charge in [0.25, 0.3) is 0 Å². The average Bonchev–Trinajstić information content (AvgIpc) is 3.32. The van der Waals surface area contributed by atoms with Crippen molar-refractivity contribution in [2.45, 2.75) is 19.3 Å². The number of carbonyl (C=O) groups excluding carboxylic acids is 1. The largest absolute Gasteiger partial charge is 0.493 e. The number of nitrogens with one attached hydrogen (secondary N) is 4. The highest BCUT2D eigenvalue weighted by Gasteiger charge is 2.15. The maximum Gasteiger partial charge on any atom is 0.230 e. The maximum absolute atomic E-state index is 13.8. The van der Waals surface area contributed by atoms with Crippen molar-refractivity contribution in [2.24, 2.45) is 5.92 Å². The number of nitrogens with zero attached hydrogens (tertiary/aromatic N) is 3. The molecule has 9 nitrogen and oxygen atoms in total. The average molecular weight is 494 g/mol. The number of carbonyl (C=O) groups is 1. The number of halogens is 2. The highest BCUT2D eigenvalue weighted by Crippen LogP contribution is 2.27. The Morgan fingerprint density at radius 3 is 2.83 bits per heavy atom. The zero-order valence-electron chi connectivity index (χ0n) is 19.4. The van der Waals surface area contributed by atoms with E-state index < -0.39 is 17.5 Å². The van der Waals surface area contributed by atoms with Crippen LogP contribution in [0.1, 0.15) is 18.5 Å². The van der Waals surface area contributed by atoms with E-state index in [1.807, 2.05) is 18.2 Å². The first-order valence-corrected chi connectivity index (χ1v) is 11.7. The topological polar surface area (TPSA) is 117 Å².